The number of hydrogen-bond acceptors (Lipinski definition) is 3. The average Bonchev–Trinajstić information content (AvgIpc) is 2.37. The van der Waals surface area contributed by atoms with E-state index in [0.717, 1.165) is 19.4 Å². The van der Waals surface area contributed by atoms with E-state index in [1.54, 1.807) is 0 Å². The monoisotopic (exact) mass is 256 g/mol. The van der Waals surface area contributed by atoms with Crippen LogP contribution < -0.4 is 5.73 Å². The Balaban J connectivity index is 2.51. The number of amides is 1. The second kappa shape index (κ2) is 7.74. The van der Waals surface area contributed by atoms with Gasteiger partial charge in [-0.25, -0.2) is 0 Å². The summed E-state index contributed by atoms with van der Waals surface area (Å²) in [4.78, 5) is 14.3. The lowest BCUT2D eigenvalue weighted by Crippen LogP contribution is -2.49. The van der Waals surface area contributed by atoms with Crippen molar-refractivity contribution in [1.82, 2.24) is 4.90 Å². The van der Waals surface area contributed by atoms with Crippen LogP contribution in [0.2, 0.25) is 0 Å². The first kappa shape index (κ1) is 15.4. The van der Waals surface area contributed by atoms with E-state index in [4.69, 9.17) is 10.5 Å². The van der Waals surface area contributed by atoms with Crippen LogP contribution in [0.3, 0.4) is 0 Å². The Bertz CT molecular complexity index is 256. The highest BCUT2D eigenvalue weighted by Crippen LogP contribution is 2.18. The molecule has 1 fully saturated rings. The molecule has 1 aliphatic heterocycles. The summed E-state index contributed by atoms with van der Waals surface area (Å²) in [5.41, 5.74) is 5.77. The van der Waals surface area contributed by atoms with Crippen molar-refractivity contribution in [2.24, 2.45) is 17.6 Å². The van der Waals surface area contributed by atoms with Gasteiger partial charge in [0.2, 0.25) is 5.91 Å². The van der Waals surface area contributed by atoms with Crippen LogP contribution >= 0.6 is 0 Å². The zero-order valence-corrected chi connectivity index (χ0v) is 12.0. The number of morpholine rings is 1. The standard InChI is InChI=1S/C14H28N2O2/c1-4-13-10-18-6-5-16(13)14(17)8-12(9-15)7-11(2)3/h11-13H,4-10,15H2,1-3H3. The van der Waals surface area contributed by atoms with Crippen molar-refractivity contribution in [2.75, 3.05) is 26.3 Å². The predicted molar refractivity (Wildman–Crippen MR) is 73.2 cm³/mol. The van der Waals surface area contributed by atoms with E-state index in [1.807, 2.05) is 4.90 Å². The van der Waals surface area contributed by atoms with Crippen LogP contribution in [0.5, 0.6) is 0 Å². The van der Waals surface area contributed by atoms with Gasteiger partial charge in [0.05, 0.1) is 19.3 Å². The van der Waals surface area contributed by atoms with Crippen LogP contribution in [0.25, 0.3) is 0 Å². The molecule has 2 atom stereocenters. The minimum Gasteiger partial charge on any atom is -0.377 e. The summed E-state index contributed by atoms with van der Waals surface area (Å²) in [6, 6.07) is 0.253. The third-order valence-corrected chi connectivity index (χ3v) is 3.62. The maximum absolute atomic E-state index is 12.3. The first-order valence-electron chi connectivity index (χ1n) is 7.15. The SMILES string of the molecule is CCC1COCCN1C(=O)CC(CN)CC(C)C. The van der Waals surface area contributed by atoms with Crippen LogP contribution in [-0.4, -0.2) is 43.2 Å². The van der Waals surface area contributed by atoms with Crippen molar-refractivity contribution in [3.63, 3.8) is 0 Å². The van der Waals surface area contributed by atoms with E-state index in [-0.39, 0.29) is 11.9 Å². The molecule has 0 aromatic rings. The van der Waals surface area contributed by atoms with Crippen molar-refractivity contribution in [3.8, 4) is 0 Å². The Morgan fingerprint density at radius 2 is 2.22 bits per heavy atom. The summed E-state index contributed by atoms with van der Waals surface area (Å²) in [5.74, 6) is 1.16. The van der Waals surface area contributed by atoms with Gasteiger partial charge in [0.25, 0.3) is 0 Å². The maximum Gasteiger partial charge on any atom is 0.223 e. The van der Waals surface area contributed by atoms with Crippen molar-refractivity contribution < 1.29 is 9.53 Å². The third kappa shape index (κ3) is 4.58. The minimum atomic E-state index is 0.251. The Labute approximate surface area is 111 Å². The molecule has 0 radical (unpaired) electrons. The average molecular weight is 256 g/mol. The molecular weight excluding hydrogens is 228 g/mol. The molecule has 1 rings (SSSR count). The minimum absolute atomic E-state index is 0.251. The van der Waals surface area contributed by atoms with Crippen LogP contribution in [0.4, 0.5) is 0 Å². The van der Waals surface area contributed by atoms with Gasteiger partial charge >= 0.3 is 0 Å². The second-order valence-corrected chi connectivity index (χ2v) is 5.66. The molecule has 0 bridgehead atoms. The molecule has 0 aromatic carbocycles. The van der Waals surface area contributed by atoms with Crippen molar-refractivity contribution in [1.29, 1.82) is 0 Å². The normalized spacial score (nSPS) is 22.3. The van der Waals surface area contributed by atoms with E-state index >= 15 is 0 Å². The molecule has 1 amide bonds. The fourth-order valence-electron chi connectivity index (χ4n) is 2.62. The van der Waals surface area contributed by atoms with E-state index in [2.05, 4.69) is 20.8 Å². The first-order valence-corrected chi connectivity index (χ1v) is 7.15. The summed E-state index contributed by atoms with van der Waals surface area (Å²) >= 11 is 0. The summed E-state index contributed by atoms with van der Waals surface area (Å²) in [6.45, 7) is 9.14. The van der Waals surface area contributed by atoms with Gasteiger partial charge in [-0.05, 0) is 31.2 Å². The number of carbonyl (C=O) groups is 1. The topological polar surface area (TPSA) is 55.6 Å². The Kier molecular flexibility index (Phi) is 6.65. The zero-order valence-electron chi connectivity index (χ0n) is 12.0. The molecule has 2 unspecified atom stereocenters. The highest BCUT2D eigenvalue weighted by atomic mass is 16.5. The molecule has 0 aliphatic carbocycles. The molecule has 0 aromatic heterocycles. The molecule has 4 nitrogen and oxygen atoms in total. The fraction of sp³-hybridized carbons (Fsp3) is 0.929. The molecule has 106 valence electrons. The van der Waals surface area contributed by atoms with Gasteiger partial charge in [-0.2, -0.15) is 0 Å². The fourth-order valence-corrected chi connectivity index (χ4v) is 2.62. The van der Waals surface area contributed by atoms with Gasteiger partial charge in [0, 0.05) is 13.0 Å². The largest absolute Gasteiger partial charge is 0.377 e. The van der Waals surface area contributed by atoms with E-state index in [1.165, 1.54) is 0 Å². The lowest BCUT2D eigenvalue weighted by molar-refractivity contribution is -0.141. The van der Waals surface area contributed by atoms with E-state index in [0.29, 0.717) is 38.0 Å². The third-order valence-electron chi connectivity index (χ3n) is 3.62. The number of ether oxygens (including phenoxy) is 1. The molecule has 18 heavy (non-hydrogen) atoms. The number of carbonyl (C=O) groups excluding carboxylic acids is 1. The number of hydrogen-bond donors (Lipinski definition) is 1. The second-order valence-electron chi connectivity index (χ2n) is 5.66. The zero-order chi connectivity index (χ0) is 13.5. The quantitative estimate of drug-likeness (QED) is 0.786. The molecule has 0 spiro atoms. The summed E-state index contributed by atoms with van der Waals surface area (Å²) < 4.78 is 5.43. The van der Waals surface area contributed by atoms with Gasteiger partial charge in [-0.1, -0.05) is 20.8 Å². The van der Waals surface area contributed by atoms with Crippen LogP contribution in [0.1, 0.15) is 40.0 Å². The van der Waals surface area contributed by atoms with Crippen LogP contribution in [-0.2, 0) is 9.53 Å². The van der Waals surface area contributed by atoms with Crippen molar-refractivity contribution >= 4 is 5.91 Å². The predicted octanol–water partition coefficient (Wildman–Crippen LogP) is 1.63. The van der Waals surface area contributed by atoms with Gasteiger partial charge < -0.3 is 15.4 Å². The van der Waals surface area contributed by atoms with Gasteiger partial charge in [-0.15, -0.1) is 0 Å². The number of nitrogens with two attached hydrogens (primary N) is 1. The van der Waals surface area contributed by atoms with Gasteiger partial charge in [0.15, 0.2) is 0 Å². The van der Waals surface area contributed by atoms with Crippen LogP contribution in [0, 0.1) is 11.8 Å². The number of nitrogens with zero attached hydrogens (tertiary/aromatic N) is 1. The van der Waals surface area contributed by atoms with E-state index < -0.39 is 0 Å². The molecule has 2 N–H and O–H groups in total. The highest BCUT2D eigenvalue weighted by molar-refractivity contribution is 5.77. The summed E-state index contributed by atoms with van der Waals surface area (Å²) in [6.07, 6.45) is 2.58. The first-order chi connectivity index (χ1) is 8.58. The molecule has 1 aliphatic rings. The van der Waals surface area contributed by atoms with Crippen LogP contribution in [0.15, 0.2) is 0 Å². The van der Waals surface area contributed by atoms with E-state index in [9.17, 15) is 4.79 Å². The Hall–Kier alpha value is -0.610. The molecule has 1 saturated heterocycles. The van der Waals surface area contributed by atoms with Crippen molar-refractivity contribution in [2.45, 2.75) is 46.1 Å². The lowest BCUT2D eigenvalue weighted by atomic mass is 9.93. The summed E-state index contributed by atoms with van der Waals surface area (Å²) in [7, 11) is 0. The van der Waals surface area contributed by atoms with Gasteiger partial charge in [-0.3, -0.25) is 4.79 Å². The molecule has 0 saturated carbocycles. The lowest BCUT2D eigenvalue weighted by Gasteiger charge is -2.36. The summed E-state index contributed by atoms with van der Waals surface area (Å²) in [5, 5.41) is 0. The molecule has 4 heteroatoms. The smallest absolute Gasteiger partial charge is 0.223 e. The van der Waals surface area contributed by atoms with Gasteiger partial charge in [0.1, 0.15) is 0 Å². The molecule has 1 heterocycles. The highest BCUT2D eigenvalue weighted by Gasteiger charge is 2.27. The Morgan fingerprint density at radius 3 is 2.78 bits per heavy atom. The molecular formula is C14H28N2O2. The Morgan fingerprint density at radius 1 is 1.50 bits per heavy atom. The van der Waals surface area contributed by atoms with Crippen molar-refractivity contribution in [3.05, 3.63) is 0 Å². The number of rotatable bonds is 6. The maximum atomic E-state index is 12.3.